The number of hydrogen-bond acceptors (Lipinski definition) is 5. The molecule has 1 N–H and O–H groups in total. The average molecular weight is 356 g/mol. The molecule has 3 heterocycles. The summed E-state index contributed by atoms with van der Waals surface area (Å²) >= 11 is 0. The number of carboxylic acid groups (broad SMARTS) is 1. The predicted molar refractivity (Wildman–Crippen MR) is 98.5 cm³/mol. The van der Waals surface area contributed by atoms with Gasteiger partial charge in [0, 0.05) is 43.7 Å². The monoisotopic (exact) mass is 356 g/mol. The average Bonchev–Trinajstić information content (AvgIpc) is 3.16. The van der Waals surface area contributed by atoms with E-state index in [9.17, 15) is 4.79 Å². The zero-order valence-electron chi connectivity index (χ0n) is 15.0. The summed E-state index contributed by atoms with van der Waals surface area (Å²) in [5.41, 5.74) is 3.11. The topological polar surface area (TPSA) is 78.8 Å². The third kappa shape index (κ3) is 3.07. The van der Waals surface area contributed by atoms with E-state index < -0.39 is 6.09 Å². The first kappa shape index (κ1) is 17.0. The molecule has 0 unspecified atom stereocenters. The Morgan fingerprint density at radius 3 is 2.73 bits per heavy atom. The number of piperidine rings is 1. The maximum absolute atomic E-state index is 11.1. The molecule has 1 aromatic carbocycles. The van der Waals surface area contributed by atoms with Gasteiger partial charge in [0.1, 0.15) is 12.6 Å². The van der Waals surface area contributed by atoms with Gasteiger partial charge in [-0.25, -0.2) is 14.8 Å². The summed E-state index contributed by atoms with van der Waals surface area (Å²) in [6.45, 7) is 2.12. The summed E-state index contributed by atoms with van der Waals surface area (Å²) < 4.78 is 5.58. The summed E-state index contributed by atoms with van der Waals surface area (Å²) in [4.78, 5) is 23.9. The van der Waals surface area contributed by atoms with Crippen molar-refractivity contribution in [2.45, 2.75) is 37.8 Å². The Hall–Kier alpha value is -2.41. The SMILES string of the molecule is CO[C@@H]1CCCN1c1ccc2c(C3CCN(C(=O)O)CC3)ncnc2c1. The molecule has 2 fully saturated rings. The first-order valence-corrected chi connectivity index (χ1v) is 9.19. The van der Waals surface area contributed by atoms with E-state index in [1.54, 1.807) is 13.4 Å². The number of likely N-dealkylation sites (tertiary alicyclic amines) is 1. The number of aromatic nitrogens is 2. The van der Waals surface area contributed by atoms with Crippen LogP contribution in [0.25, 0.3) is 10.9 Å². The van der Waals surface area contributed by atoms with Gasteiger partial charge in [-0.15, -0.1) is 0 Å². The Balaban J connectivity index is 1.60. The lowest BCUT2D eigenvalue weighted by Crippen LogP contribution is -2.37. The standard InChI is InChI=1S/C19H24N4O3/c1-26-17-3-2-8-23(17)14-4-5-15-16(11-14)20-12-21-18(15)13-6-9-22(10-7-13)19(24)25/h4-5,11-13,17H,2-3,6-10H2,1H3,(H,24,25)/t17-/m1/s1. The van der Waals surface area contributed by atoms with Crippen LogP contribution in [0.1, 0.15) is 37.3 Å². The summed E-state index contributed by atoms with van der Waals surface area (Å²) in [6, 6.07) is 6.34. The number of anilines is 1. The van der Waals surface area contributed by atoms with Crippen molar-refractivity contribution in [3.05, 3.63) is 30.2 Å². The largest absolute Gasteiger partial charge is 0.465 e. The molecule has 2 aliphatic heterocycles. The van der Waals surface area contributed by atoms with Crippen molar-refractivity contribution in [2.75, 3.05) is 31.6 Å². The maximum Gasteiger partial charge on any atom is 0.407 e. The van der Waals surface area contributed by atoms with Crippen LogP contribution < -0.4 is 4.90 Å². The summed E-state index contributed by atoms with van der Waals surface area (Å²) in [6.07, 6.45) is 4.71. The second kappa shape index (κ2) is 7.07. The number of carbonyl (C=O) groups is 1. The third-order valence-electron chi connectivity index (χ3n) is 5.60. The van der Waals surface area contributed by atoms with E-state index in [1.165, 1.54) is 4.90 Å². The Morgan fingerprint density at radius 2 is 2.00 bits per heavy atom. The number of rotatable bonds is 3. The molecule has 0 saturated carbocycles. The van der Waals surface area contributed by atoms with Gasteiger partial charge in [-0.1, -0.05) is 0 Å². The summed E-state index contributed by atoms with van der Waals surface area (Å²) in [5.74, 6) is 0.278. The number of methoxy groups -OCH3 is 1. The predicted octanol–water partition coefficient (Wildman–Crippen LogP) is 3.06. The van der Waals surface area contributed by atoms with Gasteiger partial charge in [0.25, 0.3) is 0 Å². The first-order chi connectivity index (χ1) is 12.7. The van der Waals surface area contributed by atoms with Crippen LogP contribution in [-0.4, -0.2) is 59.0 Å². The molecular weight excluding hydrogens is 332 g/mol. The lowest BCUT2D eigenvalue weighted by molar-refractivity contribution is 0.111. The van der Waals surface area contributed by atoms with Gasteiger partial charge in [-0.3, -0.25) is 0 Å². The molecule has 0 aliphatic carbocycles. The fourth-order valence-corrected chi connectivity index (χ4v) is 4.19. The third-order valence-corrected chi connectivity index (χ3v) is 5.60. The molecule has 1 atom stereocenters. The Kier molecular flexibility index (Phi) is 4.63. The zero-order valence-corrected chi connectivity index (χ0v) is 15.0. The second-order valence-corrected chi connectivity index (χ2v) is 7.03. The van der Waals surface area contributed by atoms with E-state index in [0.717, 1.165) is 54.5 Å². The van der Waals surface area contributed by atoms with Crippen LogP contribution in [-0.2, 0) is 4.74 Å². The number of nitrogens with zero attached hydrogens (tertiary/aromatic N) is 4. The normalized spacial score (nSPS) is 21.5. The molecule has 0 radical (unpaired) electrons. The van der Waals surface area contributed by atoms with Gasteiger partial charge in [0.05, 0.1) is 11.2 Å². The molecule has 138 valence electrons. The molecule has 26 heavy (non-hydrogen) atoms. The summed E-state index contributed by atoms with van der Waals surface area (Å²) in [7, 11) is 1.76. The van der Waals surface area contributed by atoms with Crippen LogP contribution in [0.4, 0.5) is 10.5 Å². The van der Waals surface area contributed by atoms with E-state index in [0.29, 0.717) is 13.1 Å². The Labute approximate surface area is 152 Å². The highest BCUT2D eigenvalue weighted by Crippen LogP contribution is 2.33. The maximum atomic E-state index is 11.1. The van der Waals surface area contributed by atoms with Gasteiger partial charge in [-0.2, -0.15) is 0 Å². The molecule has 2 saturated heterocycles. The van der Waals surface area contributed by atoms with Crippen LogP contribution >= 0.6 is 0 Å². The Morgan fingerprint density at radius 1 is 1.19 bits per heavy atom. The van der Waals surface area contributed by atoms with E-state index in [4.69, 9.17) is 9.84 Å². The lowest BCUT2D eigenvalue weighted by Gasteiger charge is -2.30. The number of benzene rings is 1. The van der Waals surface area contributed by atoms with Crippen LogP contribution in [0.15, 0.2) is 24.5 Å². The van der Waals surface area contributed by atoms with Crippen molar-refractivity contribution in [3.63, 3.8) is 0 Å². The van der Waals surface area contributed by atoms with Crippen molar-refractivity contribution in [1.82, 2.24) is 14.9 Å². The van der Waals surface area contributed by atoms with E-state index in [1.807, 2.05) is 0 Å². The van der Waals surface area contributed by atoms with E-state index in [-0.39, 0.29) is 12.1 Å². The molecule has 2 aromatic rings. The number of hydrogen-bond donors (Lipinski definition) is 1. The van der Waals surface area contributed by atoms with Crippen LogP contribution in [0.5, 0.6) is 0 Å². The molecule has 0 bridgehead atoms. The summed E-state index contributed by atoms with van der Waals surface area (Å²) in [5, 5.41) is 10.2. The van der Waals surface area contributed by atoms with Gasteiger partial charge in [0.15, 0.2) is 0 Å². The zero-order chi connectivity index (χ0) is 18.1. The second-order valence-electron chi connectivity index (χ2n) is 7.03. The van der Waals surface area contributed by atoms with Crippen molar-refractivity contribution in [1.29, 1.82) is 0 Å². The molecule has 1 amide bonds. The molecule has 0 spiro atoms. The molecule has 7 nitrogen and oxygen atoms in total. The van der Waals surface area contributed by atoms with Crippen molar-refractivity contribution in [3.8, 4) is 0 Å². The lowest BCUT2D eigenvalue weighted by atomic mass is 9.91. The van der Waals surface area contributed by atoms with Gasteiger partial charge in [-0.05, 0) is 43.9 Å². The molecule has 1 aromatic heterocycles. The highest BCUT2D eigenvalue weighted by molar-refractivity contribution is 5.84. The number of amides is 1. The quantitative estimate of drug-likeness (QED) is 0.911. The molecule has 7 heteroatoms. The fourth-order valence-electron chi connectivity index (χ4n) is 4.19. The van der Waals surface area contributed by atoms with Crippen LogP contribution in [0, 0.1) is 0 Å². The first-order valence-electron chi connectivity index (χ1n) is 9.19. The van der Waals surface area contributed by atoms with Crippen molar-refractivity contribution in [2.24, 2.45) is 0 Å². The molecular formula is C19H24N4O3. The highest BCUT2D eigenvalue weighted by atomic mass is 16.5. The minimum atomic E-state index is -0.834. The minimum absolute atomic E-state index is 0.133. The Bertz CT molecular complexity index is 804. The van der Waals surface area contributed by atoms with Gasteiger partial charge in [0.2, 0.25) is 0 Å². The highest BCUT2D eigenvalue weighted by Gasteiger charge is 2.27. The van der Waals surface area contributed by atoms with E-state index in [2.05, 4.69) is 33.1 Å². The van der Waals surface area contributed by atoms with Gasteiger partial charge < -0.3 is 19.6 Å². The number of fused-ring (bicyclic) bond motifs is 1. The minimum Gasteiger partial charge on any atom is -0.465 e. The fraction of sp³-hybridized carbons (Fsp3) is 0.526. The number of ether oxygens (including phenoxy) is 1. The van der Waals surface area contributed by atoms with Gasteiger partial charge >= 0.3 is 6.09 Å². The molecule has 4 rings (SSSR count). The smallest absolute Gasteiger partial charge is 0.407 e. The van der Waals surface area contributed by atoms with Crippen molar-refractivity contribution < 1.29 is 14.6 Å². The van der Waals surface area contributed by atoms with Crippen molar-refractivity contribution >= 4 is 22.7 Å². The van der Waals surface area contributed by atoms with Crippen LogP contribution in [0.2, 0.25) is 0 Å². The molecule has 2 aliphatic rings. The van der Waals surface area contributed by atoms with Crippen LogP contribution in [0.3, 0.4) is 0 Å². The van der Waals surface area contributed by atoms with E-state index >= 15 is 0 Å².